The van der Waals surface area contributed by atoms with E-state index < -0.39 is 6.51 Å². The summed E-state index contributed by atoms with van der Waals surface area (Å²) in [4.78, 5) is 35.0. The molecule has 5 heteroatoms. The predicted molar refractivity (Wildman–Crippen MR) is 89.6 cm³/mol. The quantitative estimate of drug-likeness (QED) is 0.608. The van der Waals surface area contributed by atoms with Gasteiger partial charge in [0.25, 0.3) is 0 Å². The Bertz CT molecular complexity index is 1660. The normalized spacial score (nSPS) is 82.0. The number of carbonyl (C=O) groups excluding carboxylic acids is 1. The van der Waals surface area contributed by atoms with E-state index in [0.29, 0.717) is 15.3 Å². The van der Waals surface area contributed by atoms with Gasteiger partial charge in [0.05, 0.1) is 0 Å². The molecule has 0 saturated carbocycles. The van der Waals surface area contributed by atoms with Crippen LogP contribution in [-0.4, -0.2) is 10.9 Å². The number of phenols is 1. The summed E-state index contributed by atoms with van der Waals surface area (Å²) >= 11 is 0. The molecule has 0 radical (unpaired) electrons. The molecule has 0 aliphatic carbocycles. The van der Waals surface area contributed by atoms with E-state index in [1.807, 2.05) is 6.07 Å². The fourth-order valence-electron chi connectivity index (χ4n) is 18.5. The fourth-order valence-corrected chi connectivity index (χ4v) is 92.4. The van der Waals surface area contributed by atoms with Gasteiger partial charge in [-0.2, -0.15) is 0 Å². The van der Waals surface area contributed by atoms with Crippen LogP contribution in [0.15, 0.2) is 27.4 Å². The second-order valence-electron chi connectivity index (χ2n) is 13.1. The Morgan fingerprint density at radius 1 is 1.04 bits per heavy atom. The molecule has 1 aromatic carbocycles. The Kier molecular flexibility index (Phi) is 0.470. The number of hydrogen-bond donors (Lipinski definition) is 1. The van der Waals surface area contributed by atoms with Crippen LogP contribution < -0.4 is 5.43 Å². The third kappa shape index (κ3) is 0.165. The van der Waals surface area contributed by atoms with E-state index in [4.69, 9.17) is 4.42 Å². The molecule has 10 saturated heterocycles. The number of fused-ring (bicyclic) bond motifs is 11. The number of hydrogen-bond acceptors (Lipinski definition) is 4. The van der Waals surface area contributed by atoms with Crippen LogP contribution in [0.25, 0.3) is 11.0 Å². The first-order valence-corrected chi connectivity index (χ1v) is 16.1. The summed E-state index contributed by atoms with van der Waals surface area (Å²) in [6.45, 7) is -1.97. The Labute approximate surface area is 137 Å². The monoisotopic (exact) mass is 388 g/mol. The average molecular weight is 388 g/mol. The Morgan fingerprint density at radius 3 is 2.12 bits per heavy atom. The molecule has 26 heavy (non-hydrogen) atoms. The maximum atomic E-state index is 13.0. The van der Waals surface area contributed by atoms with E-state index in [-0.39, 0.29) is 22.5 Å². The standard InChI is InChI=1S/C16H11O4.C5H5.Fe/c1-9(17)11-6-12-14(19)7-15(10-4-2-3-5-10)20-16(12)8-13(11)18;1-2-4-5-3-1;/h2-8,18H,1H3;1-5H;. The Morgan fingerprint density at radius 2 is 1.65 bits per heavy atom. The van der Waals surface area contributed by atoms with Crippen molar-refractivity contribution in [1.82, 2.24) is 0 Å². The van der Waals surface area contributed by atoms with Crippen LogP contribution in [0.2, 0.25) is 43.3 Å². The minimum atomic E-state index is -3.38. The zero-order valence-electron chi connectivity index (χ0n) is 14.0. The maximum absolute atomic E-state index is 13.0. The van der Waals surface area contributed by atoms with Crippen LogP contribution >= 0.6 is 0 Å². The number of Topliss-reactive ketones (excluding diaryl/α,β-unsaturated/α-hetero) is 1. The summed E-state index contributed by atoms with van der Waals surface area (Å²) in [5, 5.41) is 10.7. The van der Waals surface area contributed by atoms with E-state index in [9.17, 15) is 14.7 Å². The SMILES string of the molecule is CC(=O)c1cc2c(=O)cc([C]34[CH]5[CH]6[CH]7[CH]3[Fe]6754389%10[CH]4[CH]3[CH]8[CH]9[CH]4%10)oc2cc1O. The second kappa shape index (κ2) is 1.14. The van der Waals surface area contributed by atoms with Gasteiger partial charge in [-0.15, -0.1) is 0 Å². The van der Waals surface area contributed by atoms with Gasteiger partial charge in [0.2, 0.25) is 0 Å². The van der Waals surface area contributed by atoms with Crippen LogP contribution in [0.4, 0.5) is 0 Å². The molecule has 10 aliphatic heterocycles. The summed E-state index contributed by atoms with van der Waals surface area (Å²) < 4.78 is 6.84. The summed E-state index contributed by atoms with van der Waals surface area (Å²) in [6, 6.07) is 4.83. The van der Waals surface area contributed by atoms with E-state index in [2.05, 4.69) is 0 Å². The van der Waals surface area contributed by atoms with Gasteiger partial charge < -0.3 is 0 Å². The second-order valence-corrected chi connectivity index (χ2v) is 36.6. The van der Waals surface area contributed by atoms with Crippen LogP contribution in [0.3, 0.4) is 0 Å². The molecule has 1 aromatic heterocycles. The number of rotatable bonds is 2. The zero-order chi connectivity index (χ0) is 16.9. The zero-order valence-corrected chi connectivity index (χ0v) is 15.1. The molecule has 132 valence electrons. The van der Waals surface area contributed by atoms with Crippen LogP contribution in [-0.2, 0) is 10.8 Å². The number of carbonyl (C=O) groups is 1. The van der Waals surface area contributed by atoms with Gasteiger partial charge in [-0.25, -0.2) is 0 Å². The molecule has 10 aliphatic rings. The third-order valence-electron chi connectivity index (χ3n) is 17.3. The topological polar surface area (TPSA) is 67.5 Å². The number of ketones is 1. The van der Waals surface area contributed by atoms with Crippen molar-refractivity contribution in [3.63, 3.8) is 0 Å². The van der Waals surface area contributed by atoms with Gasteiger partial charge >= 0.3 is 138 Å². The van der Waals surface area contributed by atoms with Crippen LogP contribution in [0, 0.1) is 0 Å². The summed E-state index contributed by atoms with van der Waals surface area (Å²) in [5.41, 5.74) is 0.654. The van der Waals surface area contributed by atoms with Gasteiger partial charge in [-0.3, -0.25) is 0 Å². The van der Waals surface area contributed by atoms with Crippen molar-refractivity contribution in [2.75, 3.05) is 0 Å². The molecule has 4 atom stereocenters. The molecule has 1 spiro atoms. The molecule has 10 fully saturated rings. The van der Waals surface area contributed by atoms with Crippen molar-refractivity contribution in [3.8, 4) is 5.75 Å². The summed E-state index contributed by atoms with van der Waals surface area (Å²) in [5.74, 6) is 0.719. The van der Waals surface area contributed by atoms with Crippen molar-refractivity contribution in [2.45, 2.75) is 54.6 Å². The number of benzene rings is 1. The van der Waals surface area contributed by atoms with Gasteiger partial charge in [-0.1, -0.05) is 0 Å². The number of phenolic OH excluding ortho intramolecular Hbond substituents is 1. The van der Waals surface area contributed by atoms with E-state index in [1.54, 1.807) is 0 Å². The van der Waals surface area contributed by atoms with Gasteiger partial charge in [0.15, 0.2) is 0 Å². The molecule has 4 nitrogen and oxygen atoms in total. The van der Waals surface area contributed by atoms with Crippen LogP contribution in [0.5, 0.6) is 5.75 Å². The molecule has 1 N–H and O–H groups in total. The summed E-state index contributed by atoms with van der Waals surface area (Å²) in [7, 11) is 0. The molecule has 0 amide bonds. The van der Waals surface area contributed by atoms with Crippen molar-refractivity contribution in [1.29, 1.82) is 0 Å². The van der Waals surface area contributed by atoms with Gasteiger partial charge in [0, 0.05) is 0 Å². The average Bonchev–Trinajstić information content (AvgIpc) is 3.53. The third-order valence-corrected chi connectivity index (χ3v) is 59.6. The number of aromatic hydroxyl groups is 1. The van der Waals surface area contributed by atoms with E-state index in [0.717, 1.165) is 15.4 Å². The molecule has 0 bridgehead atoms. The van der Waals surface area contributed by atoms with Gasteiger partial charge in [0.1, 0.15) is 0 Å². The van der Waals surface area contributed by atoms with Crippen molar-refractivity contribution < 1.29 is 20.8 Å². The molecule has 2 aromatic rings. The first-order valence-electron chi connectivity index (χ1n) is 9.78. The Balaban J connectivity index is 1.26. The van der Waals surface area contributed by atoms with Crippen molar-refractivity contribution >= 4 is 16.8 Å². The van der Waals surface area contributed by atoms with Gasteiger partial charge in [-0.05, 0) is 0 Å². The molecule has 4 unspecified atom stereocenters. The fraction of sp³-hybridized carbons (Fsp3) is 0.524. The van der Waals surface area contributed by atoms with Crippen LogP contribution in [0.1, 0.15) is 23.0 Å². The van der Waals surface area contributed by atoms with E-state index >= 15 is 0 Å². The summed E-state index contributed by atoms with van der Waals surface area (Å²) in [6.07, 6.45) is 0. The van der Waals surface area contributed by atoms with E-state index in [1.165, 1.54) is 52.8 Å². The predicted octanol–water partition coefficient (Wildman–Crippen LogP) is 4.50. The molecular weight excluding hydrogens is 372 g/mol. The van der Waals surface area contributed by atoms with Crippen molar-refractivity contribution in [2.24, 2.45) is 0 Å². The molecular formula is C21H16FeO4. The molecule has 12 rings (SSSR count). The minimum absolute atomic E-state index is 0.0280. The molecule has 11 heterocycles. The Hall–Kier alpha value is -1.58. The first kappa shape index (κ1) is 10.7. The first-order chi connectivity index (χ1) is 12.2. The van der Waals surface area contributed by atoms with Crippen molar-refractivity contribution in [3.05, 3.63) is 39.7 Å².